The quantitative estimate of drug-likeness (QED) is 0.723. The number of fused-ring (bicyclic) bond motifs is 1. The highest BCUT2D eigenvalue weighted by Crippen LogP contribution is 2.25. The number of hydrogen-bond acceptors (Lipinski definition) is 6. The van der Waals surface area contributed by atoms with Gasteiger partial charge in [-0.1, -0.05) is 12.1 Å². The molecule has 0 saturated carbocycles. The zero-order valence-electron chi connectivity index (χ0n) is 15.4. The lowest BCUT2D eigenvalue weighted by molar-refractivity contribution is 0.271. The molecule has 0 amide bonds. The van der Waals surface area contributed by atoms with E-state index < -0.39 is 0 Å². The van der Waals surface area contributed by atoms with E-state index in [0.717, 1.165) is 49.1 Å². The lowest BCUT2D eigenvalue weighted by Crippen LogP contribution is -2.25. The first-order chi connectivity index (χ1) is 13.3. The molecule has 0 fully saturated rings. The monoisotopic (exact) mass is 361 g/mol. The number of benzene rings is 1. The molecule has 2 N–H and O–H groups in total. The average molecular weight is 361 g/mol. The van der Waals surface area contributed by atoms with Gasteiger partial charge < -0.3 is 15.4 Å². The summed E-state index contributed by atoms with van der Waals surface area (Å²) in [6.07, 6.45) is 5.50. The van der Waals surface area contributed by atoms with E-state index in [1.165, 1.54) is 11.1 Å². The molecule has 0 radical (unpaired) electrons. The summed E-state index contributed by atoms with van der Waals surface area (Å²) in [4.78, 5) is 11.1. The van der Waals surface area contributed by atoms with Crippen molar-refractivity contribution in [1.29, 1.82) is 0 Å². The van der Waals surface area contributed by atoms with Crippen LogP contribution in [0.1, 0.15) is 11.1 Å². The van der Waals surface area contributed by atoms with Crippen molar-refractivity contribution >= 4 is 17.2 Å². The second-order valence-electron chi connectivity index (χ2n) is 6.58. The topological polar surface area (TPSA) is 62.3 Å². The lowest BCUT2D eigenvalue weighted by Gasteiger charge is -2.20. The van der Waals surface area contributed by atoms with Gasteiger partial charge in [0.2, 0.25) is 0 Å². The highest BCUT2D eigenvalue weighted by Gasteiger charge is 2.15. The van der Waals surface area contributed by atoms with Gasteiger partial charge in [0.1, 0.15) is 11.6 Å². The Morgan fingerprint density at radius 3 is 3.00 bits per heavy atom. The lowest BCUT2D eigenvalue weighted by atomic mass is 10.1. The van der Waals surface area contributed by atoms with Gasteiger partial charge in [-0.05, 0) is 29.8 Å². The third kappa shape index (κ3) is 4.35. The van der Waals surface area contributed by atoms with Crippen molar-refractivity contribution in [3.8, 4) is 5.75 Å². The molecule has 4 rings (SSSR count). The van der Waals surface area contributed by atoms with Crippen molar-refractivity contribution in [2.45, 2.75) is 13.1 Å². The molecule has 138 valence electrons. The molecule has 1 aliphatic heterocycles. The molecular weight excluding hydrogens is 338 g/mol. The van der Waals surface area contributed by atoms with E-state index in [4.69, 9.17) is 4.74 Å². The zero-order valence-corrected chi connectivity index (χ0v) is 15.4. The SMILES string of the molecule is COc1cccc(CN2CCNc3cc(Nc4cccnc4)ncc3C2)c1. The molecule has 1 aliphatic rings. The van der Waals surface area contributed by atoms with E-state index in [-0.39, 0.29) is 0 Å². The van der Waals surface area contributed by atoms with Crippen LogP contribution >= 0.6 is 0 Å². The molecule has 0 saturated heterocycles. The summed E-state index contributed by atoms with van der Waals surface area (Å²) in [6, 6.07) is 14.2. The van der Waals surface area contributed by atoms with Gasteiger partial charge in [-0.15, -0.1) is 0 Å². The minimum absolute atomic E-state index is 0.815. The van der Waals surface area contributed by atoms with Gasteiger partial charge in [-0.3, -0.25) is 9.88 Å². The fourth-order valence-corrected chi connectivity index (χ4v) is 3.26. The smallest absolute Gasteiger partial charge is 0.132 e. The van der Waals surface area contributed by atoms with Crippen LogP contribution in [0.3, 0.4) is 0 Å². The van der Waals surface area contributed by atoms with Gasteiger partial charge in [0.05, 0.1) is 19.0 Å². The molecule has 3 heterocycles. The number of anilines is 3. The number of rotatable bonds is 5. The normalized spacial score (nSPS) is 14.0. The molecule has 3 aromatic rings. The van der Waals surface area contributed by atoms with Crippen LogP contribution in [0.2, 0.25) is 0 Å². The maximum Gasteiger partial charge on any atom is 0.132 e. The molecule has 1 aromatic carbocycles. The maximum atomic E-state index is 5.33. The third-order valence-electron chi connectivity index (χ3n) is 4.60. The fraction of sp³-hybridized carbons (Fsp3) is 0.238. The van der Waals surface area contributed by atoms with Gasteiger partial charge in [0.25, 0.3) is 0 Å². The van der Waals surface area contributed by atoms with E-state index in [1.54, 1.807) is 19.5 Å². The summed E-state index contributed by atoms with van der Waals surface area (Å²) in [5, 5.41) is 6.82. The molecule has 0 bridgehead atoms. The summed E-state index contributed by atoms with van der Waals surface area (Å²) in [6.45, 7) is 3.61. The van der Waals surface area contributed by atoms with Crippen molar-refractivity contribution in [2.24, 2.45) is 0 Å². The summed E-state index contributed by atoms with van der Waals surface area (Å²) < 4.78 is 5.33. The first-order valence-corrected chi connectivity index (χ1v) is 9.05. The predicted octanol–water partition coefficient (Wildman–Crippen LogP) is 3.66. The Morgan fingerprint density at radius 1 is 1.19 bits per heavy atom. The summed E-state index contributed by atoms with van der Waals surface area (Å²) in [5.41, 5.74) is 4.51. The van der Waals surface area contributed by atoms with Crippen LogP contribution in [0.25, 0.3) is 0 Å². The van der Waals surface area contributed by atoms with Crippen LogP contribution in [-0.2, 0) is 13.1 Å². The summed E-state index contributed by atoms with van der Waals surface area (Å²) in [7, 11) is 1.70. The molecule has 6 nitrogen and oxygen atoms in total. The van der Waals surface area contributed by atoms with E-state index in [2.05, 4.69) is 43.7 Å². The van der Waals surface area contributed by atoms with E-state index in [1.807, 2.05) is 30.5 Å². The van der Waals surface area contributed by atoms with Crippen molar-refractivity contribution in [3.63, 3.8) is 0 Å². The number of methoxy groups -OCH3 is 1. The standard InChI is InChI=1S/C21H23N5O/c1-27-19-6-2-4-16(10-19)14-26-9-8-23-20-11-21(24-12-17(20)15-26)25-18-5-3-7-22-13-18/h2-7,10-13,23H,8-9,14-15H2,1H3,(H,24,25). The predicted molar refractivity (Wildman–Crippen MR) is 107 cm³/mol. The summed E-state index contributed by atoms with van der Waals surface area (Å²) in [5.74, 6) is 1.71. The van der Waals surface area contributed by atoms with Gasteiger partial charge >= 0.3 is 0 Å². The Labute approximate surface area is 159 Å². The van der Waals surface area contributed by atoms with Gasteiger partial charge in [-0.25, -0.2) is 4.98 Å². The Bertz CT molecular complexity index is 900. The van der Waals surface area contributed by atoms with Crippen molar-refractivity contribution in [2.75, 3.05) is 30.8 Å². The highest BCUT2D eigenvalue weighted by molar-refractivity contribution is 5.63. The molecule has 27 heavy (non-hydrogen) atoms. The van der Waals surface area contributed by atoms with E-state index in [0.29, 0.717) is 0 Å². The largest absolute Gasteiger partial charge is 0.497 e. The van der Waals surface area contributed by atoms with Crippen LogP contribution < -0.4 is 15.4 Å². The Kier molecular flexibility index (Phi) is 5.16. The fourth-order valence-electron chi connectivity index (χ4n) is 3.26. The number of aromatic nitrogens is 2. The van der Waals surface area contributed by atoms with Crippen molar-refractivity contribution < 1.29 is 4.74 Å². The van der Waals surface area contributed by atoms with Crippen molar-refractivity contribution in [3.05, 3.63) is 72.2 Å². The second-order valence-corrected chi connectivity index (χ2v) is 6.58. The Balaban J connectivity index is 1.47. The first kappa shape index (κ1) is 17.3. The minimum atomic E-state index is 0.815. The molecule has 6 heteroatoms. The van der Waals surface area contributed by atoms with Gasteiger partial charge in [-0.2, -0.15) is 0 Å². The molecule has 2 aromatic heterocycles. The minimum Gasteiger partial charge on any atom is -0.497 e. The molecule has 0 aliphatic carbocycles. The average Bonchev–Trinajstić information content (AvgIpc) is 2.90. The number of nitrogens with zero attached hydrogens (tertiary/aromatic N) is 3. The van der Waals surface area contributed by atoms with Crippen LogP contribution in [0.4, 0.5) is 17.2 Å². The molecule has 0 atom stereocenters. The van der Waals surface area contributed by atoms with Gasteiger partial charge in [0, 0.05) is 55.9 Å². The van der Waals surface area contributed by atoms with Crippen molar-refractivity contribution in [1.82, 2.24) is 14.9 Å². The van der Waals surface area contributed by atoms with Crippen LogP contribution in [-0.4, -0.2) is 35.1 Å². The Hall–Kier alpha value is -3.12. The number of pyridine rings is 2. The third-order valence-corrected chi connectivity index (χ3v) is 4.60. The van der Waals surface area contributed by atoms with Gasteiger partial charge in [0.15, 0.2) is 0 Å². The zero-order chi connectivity index (χ0) is 18.5. The number of nitrogens with one attached hydrogen (secondary N) is 2. The Morgan fingerprint density at radius 2 is 2.15 bits per heavy atom. The van der Waals surface area contributed by atoms with E-state index in [9.17, 15) is 0 Å². The number of hydrogen-bond donors (Lipinski definition) is 2. The molecular formula is C21H23N5O. The molecule has 0 spiro atoms. The first-order valence-electron chi connectivity index (χ1n) is 9.05. The highest BCUT2D eigenvalue weighted by atomic mass is 16.5. The molecule has 0 unspecified atom stereocenters. The summed E-state index contributed by atoms with van der Waals surface area (Å²) >= 11 is 0. The second kappa shape index (κ2) is 8.05. The number of ether oxygens (including phenoxy) is 1. The van der Waals surface area contributed by atoms with E-state index >= 15 is 0 Å². The maximum absolute atomic E-state index is 5.33. The van der Waals surface area contributed by atoms with Crippen LogP contribution in [0.15, 0.2) is 61.1 Å². The van der Waals surface area contributed by atoms with Crippen LogP contribution in [0, 0.1) is 0 Å². The van der Waals surface area contributed by atoms with Crippen LogP contribution in [0.5, 0.6) is 5.75 Å².